The molecule has 0 bridgehead atoms. The largest absolute Gasteiger partial charge is 0.490 e. The maximum atomic E-state index is 10.1. The first-order valence-corrected chi connectivity index (χ1v) is 12.5. The van der Waals surface area contributed by atoms with Crippen molar-refractivity contribution in [2.75, 3.05) is 37.7 Å². The summed E-state index contributed by atoms with van der Waals surface area (Å²) >= 11 is 0. The zero-order valence-corrected chi connectivity index (χ0v) is 20.3. The number of benzene rings is 1. The molecule has 1 saturated carbocycles. The van der Waals surface area contributed by atoms with Gasteiger partial charge < -0.3 is 19.6 Å². The van der Waals surface area contributed by atoms with Gasteiger partial charge in [0.15, 0.2) is 0 Å². The molecule has 2 saturated heterocycles. The number of anilines is 1. The number of likely N-dealkylation sites (tertiary alicyclic amines) is 1. The summed E-state index contributed by atoms with van der Waals surface area (Å²) in [4.78, 5) is 14.1. The zero-order valence-electron chi connectivity index (χ0n) is 20.3. The van der Waals surface area contributed by atoms with Crippen molar-refractivity contribution < 1.29 is 9.84 Å². The van der Waals surface area contributed by atoms with Crippen molar-refractivity contribution in [1.82, 2.24) is 14.9 Å². The van der Waals surface area contributed by atoms with E-state index in [0.717, 1.165) is 49.5 Å². The molecule has 1 unspecified atom stereocenters. The van der Waals surface area contributed by atoms with E-state index in [0.29, 0.717) is 17.9 Å². The van der Waals surface area contributed by atoms with Crippen LogP contribution in [0.3, 0.4) is 0 Å². The number of aliphatic hydroxyl groups is 1. The topological polar surface area (TPSA) is 61.7 Å². The lowest BCUT2D eigenvalue weighted by Gasteiger charge is -2.50. The van der Waals surface area contributed by atoms with Crippen LogP contribution in [0.15, 0.2) is 36.7 Å². The fourth-order valence-electron chi connectivity index (χ4n) is 6.18. The molecule has 3 aliphatic rings. The van der Waals surface area contributed by atoms with E-state index in [-0.39, 0.29) is 0 Å². The molecule has 6 nitrogen and oxygen atoms in total. The Morgan fingerprint density at radius 1 is 1.09 bits per heavy atom. The van der Waals surface area contributed by atoms with Crippen molar-refractivity contribution in [2.24, 2.45) is 5.41 Å². The number of nitrogens with zero attached hydrogens (tertiary/aromatic N) is 4. The van der Waals surface area contributed by atoms with Crippen molar-refractivity contribution in [2.45, 2.75) is 70.4 Å². The summed E-state index contributed by atoms with van der Waals surface area (Å²) in [5.41, 5.74) is 2.00. The van der Waals surface area contributed by atoms with Gasteiger partial charge in [0, 0.05) is 36.9 Å². The predicted molar refractivity (Wildman–Crippen MR) is 131 cm³/mol. The molecule has 3 fully saturated rings. The second-order valence-electron chi connectivity index (χ2n) is 11.2. The average Bonchev–Trinajstić information content (AvgIpc) is 3.23. The fourth-order valence-corrected chi connectivity index (χ4v) is 6.18. The van der Waals surface area contributed by atoms with Gasteiger partial charge in [-0.3, -0.25) is 4.98 Å². The Morgan fingerprint density at radius 3 is 2.55 bits per heavy atom. The van der Waals surface area contributed by atoms with E-state index in [1.165, 1.54) is 37.7 Å². The third kappa shape index (κ3) is 4.87. The highest BCUT2D eigenvalue weighted by atomic mass is 16.5. The predicted octanol–water partition coefficient (Wildman–Crippen LogP) is 4.17. The number of para-hydroxylation sites is 1. The van der Waals surface area contributed by atoms with Crippen molar-refractivity contribution >= 4 is 5.82 Å². The highest BCUT2D eigenvalue weighted by molar-refractivity contribution is 5.46. The molecular formula is C27H38N4O2. The summed E-state index contributed by atoms with van der Waals surface area (Å²) in [5.74, 6) is 2.54. The van der Waals surface area contributed by atoms with Crippen LogP contribution in [0.1, 0.15) is 63.1 Å². The maximum Gasteiger partial charge on any atom is 0.150 e. The second kappa shape index (κ2) is 8.88. The number of aryl methyl sites for hydroxylation is 1. The lowest BCUT2D eigenvalue weighted by molar-refractivity contribution is 0.0278. The monoisotopic (exact) mass is 450 g/mol. The molecule has 2 aliphatic heterocycles. The molecule has 1 aliphatic carbocycles. The molecule has 1 spiro atoms. The molecule has 5 rings (SSSR count). The first-order valence-electron chi connectivity index (χ1n) is 12.5. The molecule has 0 radical (unpaired) electrons. The Hall–Kier alpha value is -2.18. The lowest BCUT2D eigenvalue weighted by Crippen LogP contribution is -2.56. The molecule has 1 aromatic carbocycles. The Kier molecular flexibility index (Phi) is 6.08. The van der Waals surface area contributed by atoms with E-state index in [2.05, 4.69) is 44.9 Å². The zero-order chi connectivity index (χ0) is 23.1. The van der Waals surface area contributed by atoms with Crippen molar-refractivity contribution in [3.05, 3.63) is 47.9 Å². The Bertz CT molecular complexity index is 959. The number of hydrogen-bond acceptors (Lipinski definition) is 6. The van der Waals surface area contributed by atoms with Gasteiger partial charge in [0.2, 0.25) is 0 Å². The smallest absolute Gasteiger partial charge is 0.150 e. The standard InChI is InChI=1S/C27H38N4O2/c1-20-25(29-13-12-28-20)31-17-27(18-31)11-8-22(16-27)30-14-9-21(10-15-30)23-6-4-5-7-24(23)33-19-26(2,3)32/h4-7,12-13,21-22,32H,8-11,14-19H2,1-3H3. The van der Waals surface area contributed by atoms with Crippen LogP contribution in [0.25, 0.3) is 0 Å². The Balaban J connectivity index is 1.14. The number of ether oxygens (including phenoxy) is 1. The Morgan fingerprint density at radius 2 is 1.82 bits per heavy atom. The maximum absolute atomic E-state index is 10.1. The number of piperidine rings is 1. The molecular weight excluding hydrogens is 412 g/mol. The summed E-state index contributed by atoms with van der Waals surface area (Å²) in [5, 5.41) is 10.1. The van der Waals surface area contributed by atoms with Gasteiger partial charge in [-0.25, -0.2) is 4.98 Å². The molecule has 33 heavy (non-hydrogen) atoms. The summed E-state index contributed by atoms with van der Waals surface area (Å²) in [6, 6.07) is 9.12. The average molecular weight is 451 g/mol. The van der Waals surface area contributed by atoms with Crippen LogP contribution in [-0.4, -0.2) is 64.4 Å². The van der Waals surface area contributed by atoms with Gasteiger partial charge >= 0.3 is 0 Å². The SMILES string of the molecule is Cc1nccnc1N1CC2(CCC(N3CCC(c4ccccc4OCC(C)(C)O)CC3)C2)C1. The quantitative estimate of drug-likeness (QED) is 0.713. The van der Waals surface area contributed by atoms with Gasteiger partial charge in [-0.15, -0.1) is 0 Å². The van der Waals surface area contributed by atoms with E-state index in [1.54, 1.807) is 20.0 Å². The minimum absolute atomic E-state index is 0.318. The molecule has 0 amide bonds. The molecule has 2 aromatic rings. The molecule has 3 heterocycles. The van der Waals surface area contributed by atoms with Gasteiger partial charge in [-0.05, 0) is 83.5 Å². The second-order valence-corrected chi connectivity index (χ2v) is 11.2. The van der Waals surface area contributed by atoms with Crippen molar-refractivity contribution in [1.29, 1.82) is 0 Å². The highest BCUT2D eigenvalue weighted by Gasteiger charge is 2.50. The first-order chi connectivity index (χ1) is 15.8. The van der Waals surface area contributed by atoms with E-state index in [1.807, 2.05) is 12.3 Å². The lowest BCUT2D eigenvalue weighted by atomic mass is 9.77. The van der Waals surface area contributed by atoms with Crippen LogP contribution < -0.4 is 9.64 Å². The summed E-state index contributed by atoms with van der Waals surface area (Å²) < 4.78 is 6.01. The van der Waals surface area contributed by atoms with Crippen LogP contribution >= 0.6 is 0 Å². The van der Waals surface area contributed by atoms with Crippen LogP contribution in [0.4, 0.5) is 5.82 Å². The van der Waals surface area contributed by atoms with Gasteiger partial charge in [0.05, 0.1) is 11.3 Å². The van der Waals surface area contributed by atoms with Gasteiger partial charge in [-0.2, -0.15) is 0 Å². The van der Waals surface area contributed by atoms with Crippen LogP contribution in [0.5, 0.6) is 5.75 Å². The molecule has 1 N–H and O–H groups in total. The number of rotatable bonds is 6. The molecule has 1 aromatic heterocycles. The summed E-state index contributed by atoms with van der Waals surface area (Å²) in [7, 11) is 0. The minimum Gasteiger partial charge on any atom is -0.490 e. The minimum atomic E-state index is -0.822. The third-order valence-electron chi connectivity index (χ3n) is 7.87. The van der Waals surface area contributed by atoms with E-state index in [4.69, 9.17) is 4.74 Å². The van der Waals surface area contributed by atoms with Crippen molar-refractivity contribution in [3.8, 4) is 5.75 Å². The number of hydrogen-bond donors (Lipinski definition) is 1. The van der Waals surface area contributed by atoms with E-state index < -0.39 is 5.60 Å². The van der Waals surface area contributed by atoms with Crippen molar-refractivity contribution in [3.63, 3.8) is 0 Å². The van der Waals surface area contributed by atoms with Gasteiger partial charge in [0.25, 0.3) is 0 Å². The van der Waals surface area contributed by atoms with Crippen LogP contribution in [0, 0.1) is 12.3 Å². The van der Waals surface area contributed by atoms with Gasteiger partial charge in [0.1, 0.15) is 18.2 Å². The summed E-state index contributed by atoms with van der Waals surface area (Å²) in [6.07, 6.45) is 9.92. The normalized spacial score (nSPS) is 23.6. The van der Waals surface area contributed by atoms with Crippen LogP contribution in [-0.2, 0) is 0 Å². The Labute approximate surface area is 198 Å². The fraction of sp³-hybridized carbons (Fsp3) is 0.630. The number of aromatic nitrogens is 2. The first kappa shape index (κ1) is 22.6. The van der Waals surface area contributed by atoms with Gasteiger partial charge in [-0.1, -0.05) is 18.2 Å². The van der Waals surface area contributed by atoms with Crippen LogP contribution in [0.2, 0.25) is 0 Å². The third-order valence-corrected chi connectivity index (χ3v) is 7.87. The highest BCUT2D eigenvalue weighted by Crippen LogP contribution is 2.49. The molecule has 178 valence electrons. The molecule has 6 heteroatoms. The van der Waals surface area contributed by atoms with E-state index >= 15 is 0 Å². The molecule has 1 atom stereocenters. The van der Waals surface area contributed by atoms with E-state index in [9.17, 15) is 5.11 Å². The summed E-state index contributed by atoms with van der Waals surface area (Å²) in [6.45, 7) is 10.5.